The Morgan fingerprint density at radius 3 is 2.43 bits per heavy atom. The molecule has 0 spiro atoms. The molecule has 3 aromatic rings. The molecule has 0 aliphatic rings. The minimum Gasteiger partial charge on any atom is -0.338 e. The summed E-state index contributed by atoms with van der Waals surface area (Å²) in [7, 11) is 0. The fourth-order valence-electron chi connectivity index (χ4n) is 2.12. The summed E-state index contributed by atoms with van der Waals surface area (Å²) in [4.78, 5) is 8.11. The molecular formula is C17H18FN5. The summed E-state index contributed by atoms with van der Waals surface area (Å²) in [5.74, 6) is 0.393. The number of hydrogen-bond donors (Lipinski definition) is 2. The van der Waals surface area contributed by atoms with Gasteiger partial charge in [-0.1, -0.05) is 26.0 Å². The molecule has 0 aliphatic carbocycles. The third-order valence-electron chi connectivity index (χ3n) is 3.42. The Morgan fingerprint density at radius 2 is 1.78 bits per heavy atom. The first kappa shape index (κ1) is 15.0. The van der Waals surface area contributed by atoms with Crippen LogP contribution in [-0.4, -0.2) is 14.6 Å². The third-order valence-corrected chi connectivity index (χ3v) is 3.42. The molecule has 0 saturated heterocycles. The van der Waals surface area contributed by atoms with Crippen molar-refractivity contribution in [2.24, 2.45) is 0 Å². The lowest BCUT2D eigenvalue weighted by Gasteiger charge is -2.11. The lowest BCUT2D eigenvalue weighted by Crippen LogP contribution is -2.10. The van der Waals surface area contributed by atoms with Crippen molar-refractivity contribution in [2.75, 3.05) is 10.7 Å². The molecule has 0 atom stereocenters. The van der Waals surface area contributed by atoms with Crippen molar-refractivity contribution in [1.29, 1.82) is 0 Å². The van der Waals surface area contributed by atoms with Crippen molar-refractivity contribution in [1.82, 2.24) is 14.6 Å². The highest BCUT2D eigenvalue weighted by molar-refractivity contribution is 5.58. The predicted molar refractivity (Wildman–Crippen MR) is 89.3 cm³/mol. The van der Waals surface area contributed by atoms with Gasteiger partial charge < -0.3 is 5.32 Å². The van der Waals surface area contributed by atoms with E-state index in [2.05, 4.69) is 34.6 Å². The number of nitrogens with one attached hydrogen (secondary N) is 2. The average molecular weight is 311 g/mol. The van der Waals surface area contributed by atoms with Gasteiger partial charge in [-0.25, -0.2) is 9.37 Å². The molecule has 0 unspecified atom stereocenters. The van der Waals surface area contributed by atoms with Gasteiger partial charge in [-0.2, -0.15) is 4.98 Å². The molecule has 0 fully saturated rings. The van der Waals surface area contributed by atoms with E-state index in [9.17, 15) is 4.39 Å². The molecule has 5 nitrogen and oxygen atoms in total. The van der Waals surface area contributed by atoms with Crippen molar-refractivity contribution >= 4 is 17.5 Å². The summed E-state index contributed by atoms with van der Waals surface area (Å²) in [6.45, 7) is 4.26. The van der Waals surface area contributed by atoms with E-state index in [1.54, 1.807) is 4.68 Å². The molecule has 0 bridgehead atoms. The molecule has 2 N–H and O–H groups in total. The minimum atomic E-state index is -0.504. The van der Waals surface area contributed by atoms with Crippen molar-refractivity contribution < 1.29 is 4.39 Å². The van der Waals surface area contributed by atoms with Crippen molar-refractivity contribution in [3.05, 3.63) is 66.4 Å². The van der Waals surface area contributed by atoms with Crippen molar-refractivity contribution in [2.45, 2.75) is 19.8 Å². The van der Waals surface area contributed by atoms with Gasteiger partial charge in [0.25, 0.3) is 0 Å². The first-order valence-electron chi connectivity index (χ1n) is 7.41. The molecule has 0 aliphatic heterocycles. The quantitative estimate of drug-likeness (QED) is 0.743. The molecular weight excluding hydrogens is 293 g/mol. The SMILES string of the molecule is CC(C)c1ccc(Nc2nc(Nn3cccc3)ncc2F)cc1. The van der Waals surface area contributed by atoms with Crippen LogP contribution in [0.15, 0.2) is 55.0 Å². The van der Waals surface area contributed by atoms with Crippen LogP contribution in [0.1, 0.15) is 25.3 Å². The van der Waals surface area contributed by atoms with Crippen LogP contribution >= 0.6 is 0 Å². The predicted octanol–water partition coefficient (Wildman–Crippen LogP) is 4.16. The number of anilines is 3. The van der Waals surface area contributed by atoms with E-state index >= 15 is 0 Å². The highest BCUT2D eigenvalue weighted by atomic mass is 19.1. The molecule has 2 heterocycles. The maximum absolute atomic E-state index is 13.9. The summed E-state index contributed by atoms with van der Waals surface area (Å²) in [5.41, 5.74) is 4.96. The van der Waals surface area contributed by atoms with Crippen LogP contribution in [0, 0.1) is 5.82 Å². The molecule has 118 valence electrons. The fourth-order valence-corrected chi connectivity index (χ4v) is 2.12. The van der Waals surface area contributed by atoms with Crippen LogP contribution in [-0.2, 0) is 0 Å². The fraction of sp³-hybridized carbons (Fsp3) is 0.176. The van der Waals surface area contributed by atoms with E-state index in [1.807, 2.05) is 48.8 Å². The zero-order chi connectivity index (χ0) is 16.2. The standard InChI is InChI=1S/C17H18FN5/c1-12(2)13-5-7-14(8-6-13)20-16-15(18)11-19-17(21-16)22-23-9-3-4-10-23/h3-12H,1-2H3,(H2,19,20,21,22). The maximum atomic E-state index is 13.9. The number of benzene rings is 1. The molecule has 0 radical (unpaired) electrons. The second kappa shape index (κ2) is 6.48. The Hall–Kier alpha value is -2.89. The van der Waals surface area contributed by atoms with Gasteiger partial charge in [0.05, 0.1) is 6.20 Å². The summed E-state index contributed by atoms with van der Waals surface area (Å²) in [6.07, 6.45) is 4.76. The smallest absolute Gasteiger partial charge is 0.244 e. The molecule has 23 heavy (non-hydrogen) atoms. The number of nitrogens with zero attached hydrogens (tertiary/aromatic N) is 3. The Morgan fingerprint density at radius 1 is 1.09 bits per heavy atom. The van der Waals surface area contributed by atoms with Crippen LogP contribution in [0.3, 0.4) is 0 Å². The van der Waals surface area contributed by atoms with Crippen LogP contribution < -0.4 is 10.7 Å². The van der Waals surface area contributed by atoms with E-state index in [0.717, 1.165) is 11.9 Å². The van der Waals surface area contributed by atoms with E-state index in [0.29, 0.717) is 11.9 Å². The van der Waals surface area contributed by atoms with Gasteiger partial charge >= 0.3 is 0 Å². The van der Waals surface area contributed by atoms with Crippen LogP contribution in [0.4, 0.5) is 21.8 Å². The van der Waals surface area contributed by atoms with Crippen molar-refractivity contribution in [3.8, 4) is 0 Å². The number of aromatic nitrogens is 3. The summed E-state index contributed by atoms with van der Waals surface area (Å²) in [6, 6.07) is 11.6. The first-order valence-corrected chi connectivity index (χ1v) is 7.41. The summed E-state index contributed by atoms with van der Waals surface area (Å²) < 4.78 is 15.6. The van der Waals surface area contributed by atoms with Crippen molar-refractivity contribution in [3.63, 3.8) is 0 Å². The van der Waals surface area contributed by atoms with Gasteiger partial charge in [-0.05, 0) is 35.7 Å². The van der Waals surface area contributed by atoms with E-state index in [4.69, 9.17) is 0 Å². The summed E-state index contributed by atoms with van der Waals surface area (Å²) >= 11 is 0. The van der Waals surface area contributed by atoms with Gasteiger partial charge in [-0.3, -0.25) is 10.1 Å². The first-order chi connectivity index (χ1) is 11.1. The Kier molecular flexibility index (Phi) is 4.23. The third kappa shape index (κ3) is 3.66. The highest BCUT2D eigenvalue weighted by Gasteiger charge is 2.08. The Balaban J connectivity index is 1.78. The molecule has 1 aromatic carbocycles. The van der Waals surface area contributed by atoms with E-state index in [-0.39, 0.29) is 5.82 Å². The Bertz CT molecular complexity index is 766. The van der Waals surface area contributed by atoms with Gasteiger partial charge in [0.2, 0.25) is 5.95 Å². The lowest BCUT2D eigenvalue weighted by molar-refractivity contribution is 0.619. The number of rotatable bonds is 5. The van der Waals surface area contributed by atoms with Gasteiger partial charge in [0.1, 0.15) is 0 Å². The average Bonchev–Trinajstić information content (AvgIpc) is 3.04. The monoisotopic (exact) mass is 311 g/mol. The van der Waals surface area contributed by atoms with E-state index in [1.165, 1.54) is 5.56 Å². The number of hydrogen-bond acceptors (Lipinski definition) is 4. The maximum Gasteiger partial charge on any atom is 0.244 e. The second-order valence-electron chi connectivity index (χ2n) is 5.49. The van der Waals surface area contributed by atoms with E-state index < -0.39 is 5.82 Å². The Labute approximate surface area is 134 Å². The largest absolute Gasteiger partial charge is 0.338 e. The lowest BCUT2D eigenvalue weighted by atomic mass is 10.0. The summed E-state index contributed by atoms with van der Waals surface area (Å²) in [5, 5.41) is 2.98. The topological polar surface area (TPSA) is 54.8 Å². The zero-order valence-electron chi connectivity index (χ0n) is 13.0. The normalized spacial score (nSPS) is 10.8. The highest BCUT2D eigenvalue weighted by Crippen LogP contribution is 2.21. The molecule has 3 rings (SSSR count). The van der Waals surface area contributed by atoms with Crippen LogP contribution in [0.2, 0.25) is 0 Å². The minimum absolute atomic E-state index is 0.131. The molecule has 6 heteroatoms. The second-order valence-corrected chi connectivity index (χ2v) is 5.49. The van der Waals surface area contributed by atoms with Gasteiger partial charge in [0.15, 0.2) is 11.6 Å². The molecule has 2 aromatic heterocycles. The molecule has 0 amide bonds. The molecule has 0 saturated carbocycles. The number of halogens is 1. The van der Waals surface area contributed by atoms with Gasteiger partial charge in [-0.15, -0.1) is 0 Å². The van der Waals surface area contributed by atoms with Crippen LogP contribution in [0.5, 0.6) is 0 Å². The van der Waals surface area contributed by atoms with Crippen LogP contribution in [0.25, 0.3) is 0 Å². The van der Waals surface area contributed by atoms with Gasteiger partial charge in [0, 0.05) is 18.1 Å². The zero-order valence-corrected chi connectivity index (χ0v) is 13.0.